The van der Waals surface area contributed by atoms with Crippen LogP contribution in [0.4, 0.5) is 14.5 Å². The first-order valence-electron chi connectivity index (χ1n) is 7.22. The first-order valence-corrected chi connectivity index (χ1v) is 7.22. The molecule has 0 aromatic heterocycles. The molecule has 0 saturated carbocycles. The molecule has 0 atom stereocenters. The molecule has 0 aliphatic carbocycles. The first kappa shape index (κ1) is 16.8. The molecule has 1 N–H and O–H groups in total. The minimum absolute atomic E-state index is 0.0249. The summed E-state index contributed by atoms with van der Waals surface area (Å²) in [5.41, 5.74) is 2.55. The number of carbonyl (C=O) groups is 2. The van der Waals surface area contributed by atoms with Crippen LogP contribution in [-0.4, -0.2) is 11.7 Å². The SMILES string of the molecule is Cc1ccc(C(=O)CCC(=O)Nc2ccc(F)cc2F)cc1C. The van der Waals surface area contributed by atoms with Crippen LogP contribution < -0.4 is 5.32 Å². The molecule has 120 valence electrons. The number of ketones is 1. The molecule has 23 heavy (non-hydrogen) atoms. The van der Waals surface area contributed by atoms with E-state index in [2.05, 4.69) is 5.32 Å². The van der Waals surface area contributed by atoms with E-state index in [9.17, 15) is 18.4 Å². The minimum atomic E-state index is -0.848. The van der Waals surface area contributed by atoms with E-state index >= 15 is 0 Å². The van der Waals surface area contributed by atoms with E-state index in [-0.39, 0.29) is 24.3 Å². The van der Waals surface area contributed by atoms with Crippen LogP contribution in [0, 0.1) is 25.5 Å². The molecule has 5 heteroatoms. The zero-order valence-electron chi connectivity index (χ0n) is 13.0. The Hall–Kier alpha value is -2.56. The zero-order valence-corrected chi connectivity index (χ0v) is 13.0. The lowest BCUT2D eigenvalue weighted by Crippen LogP contribution is -2.14. The normalized spacial score (nSPS) is 10.4. The molecule has 0 fully saturated rings. The van der Waals surface area contributed by atoms with Gasteiger partial charge in [-0.1, -0.05) is 12.1 Å². The van der Waals surface area contributed by atoms with Gasteiger partial charge in [-0.2, -0.15) is 0 Å². The van der Waals surface area contributed by atoms with Crippen molar-refractivity contribution < 1.29 is 18.4 Å². The molecule has 0 unspecified atom stereocenters. The predicted molar refractivity (Wildman–Crippen MR) is 84.5 cm³/mol. The van der Waals surface area contributed by atoms with Crippen LogP contribution in [0.1, 0.15) is 34.3 Å². The number of benzene rings is 2. The average molecular weight is 317 g/mol. The van der Waals surface area contributed by atoms with Gasteiger partial charge in [0.15, 0.2) is 5.78 Å². The van der Waals surface area contributed by atoms with Gasteiger partial charge in [-0.05, 0) is 43.2 Å². The molecule has 3 nitrogen and oxygen atoms in total. The number of nitrogens with one attached hydrogen (secondary N) is 1. The number of carbonyl (C=O) groups excluding carboxylic acids is 2. The highest BCUT2D eigenvalue weighted by Gasteiger charge is 2.12. The summed E-state index contributed by atoms with van der Waals surface area (Å²) >= 11 is 0. The molecule has 0 bridgehead atoms. The second-order valence-electron chi connectivity index (χ2n) is 5.39. The summed E-state index contributed by atoms with van der Waals surface area (Å²) in [5.74, 6) is -2.21. The van der Waals surface area contributed by atoms with Gasteiger partial charge >= 0.3 is 0 Å². The lowest BCUT2D eigenvalue weighted by atomic mass is 10.0. The summed E-state index contributed by atoms with van der Waals surface area (Å²) in [7, 11) is 0. The van der Waals surface area contributed by atoms with E-state index in [4.69, 9.17) is 0 Å². The molecule has 1 amide bonds. The average Bonchev–Trinajstić information content (AvgIpc) is 2.50. The zero-order chi connectivity index (χ0) is 17.0. The molecule has 0 aliphatic rings. The second-order valence-corrected chi connectivity index (χ2v) is 5.39. The lowest BCUT2D eigenvalue weighted by Gasteiger charge is -2.07. The maximum absolute atomic E-state index is 13.4. The quantitative estimate of drug-likeness (QED) is 0.841. The Balaban J connectivity index is 1.93. The third-order valence-corrected chi connectivity index (χ3v) is 3.61. The second kappa shape index (κ2) is 7.13. The van der Waals surface area contributed by atoms with Crippen LogP contribution in [0.2, 0.25) is 0 Å². The molecular weight excluding hydrogens is 300 g/mol. The number of hydrogen-bond donors (Lipinski definition) is 1. The van der Waals surface area contributed by atoms with Gasteiger partial charge in [0.05, 0.1) is 5.69 Å². The van der Waals surface area contributed by atoms with Gasteiger partial charge in [0.2, 0.25) is 5.91 Å². The number of rotatable bonds is 5. The van der Waals surface area contributed by atoms with Gasteiger partial charge in [0, 0.05) is 24.5 Å². The summed E-state index contributed by atoms with van der Waals surface area (Å²) in [6.07, 6.45) is -0.0419. The summed E-state index contributed by atoms with van der Waals surface area (Å²) in [6, 6.07) is 8.26. The lowest BCUT2D eigenvalue weighted by molar-refractivity contribution is -0.116. The largest absolute Gasteiger partial charge is 0.324 e. The Morgan fingerprint density at radius 3 is 2.35 bits per heavy atom. The van der Waals surface area contributed by atoms with Crippen LogP contribution in [0.15, 0.2) is 36.4 Å². The summed E-state index contributed by atoms with van der Waals surface area (Å²) in [4.78, 5) is 23.9. The van der Waals surface area contributed by atoms with Gasteiger partial charge < -0.3 is 5.32 Å². The van der Waals surface area contributed by atoms with Crippen molar-refractivity contribution in [1.29, 1.82) is 0 Å². The van der Waals surface area contributed by atoms with Crippen molar-refractivity contribution in [3.63, 3.8) is 0 Å². The molecule has 2 rings (SSSR count). The van der Waals surface area contributed by atoms with E-state index in [1.54, 1.807) is 12.1 Å². The van der Waals surface area contributed by atoms with Crippen molar-refractivity contribution in [2.45, 2.75) is 26.7 Å². The number of anilines is 1. The monoisotopic (exact) mass is 317 g/mol. The Kier molecular flexibility index (Phi) is 5.21. The van der Waals surface area contributed by atoms with E-state index in [0.717, 1.165) is 23.3 Å². The molecule has 0 radical (unpaired) electrons. The molecule has 0 heterocycles. The van der Waals surface area contributed by atoms with Crippen molar-refractivity contribution in [2.24, 2.45) is 0 Å². The molecule has 2 aromatic carbocycles. The smallest absolute Gasteiger partial charge is 0.224 e. The van der Waals surface area contributed by atoms with Crippen molar-refractivity contribution in [3.05, 3.63) is 64.7 Å². The molecule has 0 aliphatic heterocycles. The Labute approximate surface area is 133 Å². The first-order chi connectivity index (χ1) is 10.9. The van der Waals surface area contributed by atoms with Crippen LogP contribution in [0.25, 0.3) is 0 Å². The maximum Gasteiger partial charge on any atom is 0.224 e. The Morgan fingerprint density at radius 2 is 1.70 bits per heavy atom. The Morgan fingerprint density at radius 1 is 0.957 bits per heavy atom. The van der Waals surface area contributed by atoms with Crippen molar-refractivity contribution in [2.75, 3.05) is 5.32 Å². The van der Waals surface area contributed by atoms with Crippen LogP contribution in [0.3, 0.4) is 0 Å². The fraction of sp³-hybridized carbons (Fsp3) is 0.222. The highest BCUT2D eigenvalue weighted by molar-refractivity contribution is 6.00. The summed E-state index contributed by atoms with van der Waals surface area (Å²) < 4.78 is 26.2. The highest BCUT2D eigenvalue weighted by Crippen LogP contribution is 2.16. The third-order valence-electron chi connectivity index (χ3n) is 3.61. The van der Waals surface area contributed by atoms with E-state index in [1.807, 2.05) is 19.9 Å². The van der Waals surface area contributed by atoms with E-state index in [1.165, 1.54) is 0 Å². The van der Waals surface area contributed by atoms with Gasteiger partial charge in [0.25, 0.3) is 0 Å². The maximum atomic E-state index is 13.4. The van der Waals surface area contributed by atoms with Gasteiger partial charge in [-0.3, -0.25) is 9.59 Å². The third kappa shape index (κ3) is 4.45. The summed E-state index contributed by atoms with van der Waals surface area (Å²) in [5, 5.41) is 2.33. The topological polar surface area (TPSA) is 46.2 Å². The van der Waals surface area contributed by atoms with E-state index < -0.39 is 17.5 Å². The number of halogens is 2. The molecular formula is C18H17F2NO2. The standard InChI is InChI=1S/C18H17F2NO2/c1-11-3-4-13(9-12(11)2)17(22)7-8-18(23)21-16-6-5-14(19)10-15(16)20/h3-6,9-10H,7-8H2,1-2H3,(H,21,23). The fourth-order valence-electron chi connectivity index (χ4n) is 2.09. The molecule has 2 aromatic rings. The fourth-order valence-corrected chi connectivity index (χ4v) is 2.09. The summed E-state index contributed by atoms with van der Waals surface area (Å²) in [6.45, 7) is 3.87. The highest BCUT2D eigenvalue weighted by atomic mass is 19.1. The molecule has 0 spiro atoms. The number of hydrogen-bond acceptors (Lipinski definition) is 2. The molecule has 0 saturated heterocycles. The van der Waals surface area contributed by atoms with E-state index in [0.29, 0.717) is 11.6 Å². The number of Topliss-reactive ketones (excluding diaryl/α,β-unsaturated/α-hetero) is 1. The van der Waals surface area contributed by atoms with Crippen LogP contribution >= 0.6 is 0 Å². The van der Waals surface area contributed by atoms with Crippen molar-refractivity contribution >= 4 is 17.4 Å². The van der Waals surface area contributed by atoms with Gasteiger partial charge in [-0.15, -0.1) is 0 Å². The number of amides is 1. The van der Waals surface area contributed by atoms with Crippen LogP contribution in [-0.2, 0) is 4.79 Å². The van der Waals surface area contributed by atoms with Crippen molar-refractivity contribution in [3.8, 4) is 0 Å². The predicted octanol–water partition coefficient (Wildman–Crippen LogP) is 4.18. The van der Waals surface area contributed by atoms with Gasteiger partial charge in [-0.25, -0.2) is 8.78 Å². The van der Waals surface area contributed by atoms with Crippen molar-refractivity contribution in [1.82, 2.24) is 0 Å². The van der Waals surface area contributed by atoms with Crippen LogP contribution in [0.5, 0.6) is 0 Å². The van der Waals surface area contributed by atoms with Gasteiger partial charge in [0.1, 0.15) is 11.6 Å². The minimum Gasteiger partial charge on any atom is -0.324 e. The Bertz CT molecular complexity index is 757. The number of aryl methyl sites for hydroxylation is 2.